The van der Waals surface area contributed by atoms with Crippen molar-refractivity contribution in [1.29, 1.82) is 0 Å². The lowest BCUT2D eigenvalue weighted by atomic mass is 10.1. The van der Waals surface area contributed by atoms with Crippen molar-refractivity contribution in [1.82, 2.24) is 0 Å². The summed E-state index contributed by atoms with van der Waals surface area (Å²) >= 11 is 3.44. The van der Waals surface area contributed by atoms with Gasteiger partial charge in [0.1, 0.15) is 0 Å². The minimum Gasteiger partial charge on any atom is -0.397 e. The van der Waals surface area contributed by atoms with Gasteiger partial charge in [-0.25, -0.2) is 0 Å². The summed E-state index contributed by atoms with van der Waals surface area (Å²) < 4.78 is 1.09. The molecule has 18 heavy (non-hydrogen) atoms. The fourth-order valence-corrected chi connectivity index (χ4v) is 2.14. The molecule has 0 radical (unpaired) electrons. The number of hydrogen-bond acceptors (Lipinski definition) is 2. The molecule has 2 aromatic rings. The molecule has 1 atom stereocenters. The highest BCUT2D eigenvalue weighted by Crippen LogP contribution is 2.27. The van der Waals surface area contributed by atoms with Crippen LogP contribution in [0.1, 0.15) is 24.1 Å². The van der Waals surface area contributed by atoms with E-state index >= 15 is 0 Å². The van der Waals surface area contributed by atoms with E-state index in [1.807, 2.05) is 37.3 Å². The molecule has 0 bridgehead atoms. The van der Waals surface area contributed by atoms with Crippen LogP contribution < -0.4 is 11.1 Å². The first kappa shape index (κ1) is 13.0. The van der Waals surface area contributed by atoms with E-state index in [-0.39, 0.29) is 6.04 Å². The van der Waals surface area contributed by atoms with Crippen LogP contribution in [0.25, 0.3) is 0 Å². The monoisotopic (exact) mass is 304 g/mol. The Morgan fingerprint density at radius 3 is 2.44 bits per heavy atom. The average molecular weight is 305 g/mol. The summed E-state index contributed by atoms with van der Waals surface area (Å²) in [4.78, 5) is 0. The van der Waals surface area contributed by atoms with Crippen molar-refractivity contribution in [3.05, 3.63) is 58.1 Å². The van der Waals surface area contributed by atoms with Gasteiger partial charge in [0.2, 0.25) is 0 Å². The first-order valence-corrected chi connectivity index (χ1v) is 6.74. The summed E-state index contributed by atoms with van der Waals surface area (Å²) in [5, 5.41) is 3.45. The molecule has 0 aliphatic rings. The van der Waals surface area contributed by atoms with Crippen molar-refractivity contribution in [3.8, 4) is 0 Å². The third-order valence-electron chi connectivity index (χ3n) is 3.07. The molecule has 1 unspecified atom stereocenters. The average Bonchev–Trinajstić information content (AvgIpc) is 2.36. The Labute approximate surface area is 116 Å². The van der Waals surface area contributed by atoms with Crippen LogP contribution in [0.5, 0.6) is 0 Å². The Kier molecular flexibility index (Phi) is 3.92. The zero-order chi connectivity index (χ0) is 13.1. The molecule has 0 amide bonds. The lowest BCUT2D eigenvalue weighted by Crippen LogP contribution is -2.08. The van der Waals surface area contributed by atoms with Gasteiger partial charge in [0.15, 0.2) is 0 Å². The van der Waals surface area contributed by atoms with Gasteiger partial charge in [-0.1, -0.05) is 40.2 Å². The normalized spacial score (nSPS) is 12.2. The number of para-hydroxylation sites is 1. The first-order chi connectivity index (χ1) is 8.58. The topological polar surface area (TPSA) is 38.0 Å². The number of benzene rings is 2. The molecule has 3 N–H and O–H groups in total. The predicted molar refractivity (Wildman–Crippen MR) is 81.8 cm³/mol. The highest BCUT2D eigenvalue weighted by atomic mass is 79.9. The van der Waals surface area contributed by atoms with Crippen LogP contribution in [0.2, 0.25) is 0 Å². The molecule has 2 rings (SSSR count). The Morgan fingerprint density at radius 1 is 1.11 bits per heavy atom. The van der Waals surface area contributed by atoms with E-state index in [9.17, 15) is 0 Å². The minimum atomic E-state index is 0.224. The lowest BCUT2D eigenvalue weighted by molar-refractivity contribution is 0.885. The van der Waals surface area contributed by atoms with Crippen molar-refractivity contribution in [2.45, 2.75) is 19.9 Å². The van der Waals surface area contributed by atoms with Gasteiger partial charge in [-0.2, -0.15) is 0 Å². The molecule has 0 saturated carbocycles. The number of nitrogen functional groups attached to an aromatic ring is 1. The molecular weight excluding hydrogens is 288 g/mol. The zero-order valence-corrected chi connectivity index (χ0v) is 12.2. The van der Waals surface area contributed by atoms with E-state index in [1.54, 1.807) is 0 Å². The quantitative estimate of drug-likeness (QED) is 0.819. The first-order valence-electron chi connectivity index (χ1n) is 5.95. The van der Waals surface area contributed by atoms with E-state index in [0.717, 1.165) is 21.4 Å². The highest BCUT2D eigenvalue weighted by Gasteiger charge is 2.07. The Bertz CT molecular complexity index is 535. The number of aryl methyl sites for hydroxylation is 1. The fraction of sp³-hybridized carbons (Fsp3) is 0.200. The van der Waals surface area contributed by atoms with Gasteiger partial charge in [0, 0.05) is 10.5 Å². The SMILES string of the molecule is Cc1cccc(NC(C)c2ccc(Br)cc2)c1N. The molecule has 0 fully saturated rings. The van der Waals surface area contributed by atoms with Crippen LogP contribution in [0.4, 0.5) is 11.4 Å². The molecule has 0 aliphatic heterocycles. The van der Waals surface area contributed by atoms with Gasteiger partial charge in [0.25, 0.3) is 0 Å². The molecule has 0 aromatic heterocycles. The van der Waals surface area contributed by atoms with Gasteiger partial charge in [-0.3, -0.25) is 0 Å². The maximum absolute atomic E-state index is 6.06. The Balaban J connectivity index is 2.18. The summed E-state index contributed by atoms with van der Waals surface area (Å²) in [5.41, 5.74) is 10.2. The van der Waals surface area contributed by atoms with E-state index in [0.29, 0.717) is 0 Å². The predicted octanol–water partition coefficient (Wildman–Crippen LogP) is 4.51. The van der Waals surface area contributed by atoms with E-state index in [2.05, 4.69) is 40.3 Å². The number of rotatable bonds is 3. The third kappa shape index (κ3) is 2.85. The number of halogens is 1. The highest BCUT2D eigenvalue weighted by molar-refractivity contribution is 9.10. The van der Waals surface area contributed by atoms with E-state index < -0.39 is 0 Å². The summed E-state index contributed by atoms with van der Waals surface area (Å²) in [7, 11) is 0. The van der Waals surface area contributed by atoms with Crippen molar-refractivity contribution < 1.29 is 0 Å². The van der Waals surface area contributed by atoms with Crippen molar-refractivity contribution in [2.24, 2.45) is 0 Å². The Morgan fingerprint density at radius 2 is 1.78 bits per heavy atom. The molecule has 94 valence electrons. The summed E-state index contributed by atoms with van der Waals surface area (Å²) in [6.45, 7) is 4.15. The maximum atomic E-state index is 6.06. The van der Waals surface area contributed by atoms with Crippen LogP contribution in [0.3, 0.4) is 0 Å². The second-order valence-corrected chi connectivity index (χ2v) is 5.37. The van der Waals surface area contributed by atoms with Gasteiger partial charge < -0.3 is 11.1 Å². The molecule has 0 heterocycles. The van der Waals surface area contributed by atoms with Crippen LogP contribution in [0, 0.1) is 6.92 Å². The van der Waals surface area contributed by atoms with Gasteiger partial charge in [-0.05, 0) is 43.2 Å². The zero-order valence-electron chi connectivity index (χ0n) is 10.6. The van der Waals surface area contributed by atoms with Crippen molar-refractivity contribution in [3.63, 3.8) is 0 Å². The van der Waals surface area contributed by atoms with Gasteiger partial charge in [0.05, 0.1) is 11.4 Å². The molecular formula is C15H17BrN2. The number of nitrogens with two attached hydrogens (primary N) is 1. The van der Waals surface area contributed by atoms with Crippen LogP contribution in [0.15, 0.2) is 46.9 Å². The summed E-state index contributed by atoms with van der Waals surface area (Å²) in [6, 6.07) is 14.6. The number of nitrogens with one attached hydrogen (secondary N) is 1. The largest absolute Gasteiger partial charge is 0.397 e. The fourth-order valence-electron chi connectivity index (χ4n) is 1.87. The van der Waals surface area contributed by atoms with Crippen LogP contribution in [-0.2, 0) is 0 Å². The van der Waals surface area contributed by atoms with Gasteiger partial charge >= 0.3 is 0 Å². The third-order valence-corrected chi connectivity index (χ3v) is 3.59. The summed E-state index contributed by atoms with van der Waals surface area (Å²) in [6.07, 6.45) is 0. The minimum absolute atomic E-state index is 0.224. The second kappa shape index (κ2) is 5.44. The molecule has 0 spiro atoms. The second-order valence-electron chi connectivity index (χ2n) is 4.45. The molecule has 2 aromatic carbocycles. The van der Waals surface area contributed by atoms with E-state index in [4.69, 9.17) is 5.73 Å². The molecule has 3 heteroatoms. The van der Waals surface area contributed by atoms with Crippen LogP contribution in [-0.4, -0.2) is 0 Å². The standard InChI is InChI=1S/C15H17BrN2/c1-10-4-3-5-14(15(10)17)18-11(2)12-6-8-13(16)9-7-12/h3-9,11,18H,17H2,1-2H3. The van der Waals surface area contributed by atoms with E-state index in [1.165, 1.54) is 5.56 Å². The van der Waals surface area contributed by atoms with Crippen molar-refractivity contribution in [2.75, 3.05) is 11.1 Å². The Hall–Kier alpha value is -1.48. The van der Waals surface area contributed by atoms with Crippen molar-refractivity contribution >= 4 is 27.3 Å². The number of hydrogen-bond donors (Lipinski definition) is 2. The lowest BCUT2D eigenvalue weighted by Gasteiger charge is -2.18. The molecule has 0 saturated heterocycles. The van der Waals surface area contributed by atoms with Gasteiger partial charge in [-0.15, -0.1) is 0 Å². The van der Waals surface area contributed by atoms with Crippen LogP contribution >= 0.6 is 15.9 Å². The molecule has 2 nitrogen and oxygen atoms in total. The number of anilines is 2. The summed E-state index contributed by atoms with van der Waals surface area (Å²) in [5.74, 6) is 0. The smallest absolute Gasteiger partial charge is 0.0581 e. The maximum Gasteiger partial charge on any atom is 0.0581 e. The molecule has 0 aliphatic carbocycles.